The molecule has 2 fully saturated rings. The Morgan fingerprint density at radius 3 is 2.31 bits per heavy atom. The standard InChI is InChI=1S/C29H29N5OS/c1-21-7-9-23(10-8-21)33-16-4-6-26(33)28-27(25-5-2-3-15-30-25)31-29(36)34(28)24-13-11-22(12-14-24)32-17-19-35-20-18-32/h2-16,27-28H,17-20H2,1H3,(H,31,36). The van der Waals surface area contributed by atoms with Crippen LogP contribution in [0.4, 0.5) is 11.4 Å². The van der Waals surface area contributed by atoms with Crippen LogP contribution in [0.1, 0.15) is 29.0 Å². The second-order valence-corrected chi connectivity index (χ2v) is 9.64. The average molecular weight is 496 g/mol. The molecule has 36 heavy (non-hydrogen) atoms. The summed E-state index contributed by atoms with van der Waals surface area (Å²) in [5, 5.41) is 4.28. The van der Waals surface area contributed by atoms with Crippen LogP contribution in [0.5, 0.6) is 0 Å². The molecule has 0 radical (unpaired) electrons. The maximum Gasteiger partial charge on any atom is 0.174 e. The minimum atomic E-state index is -0.0864. The van der Waals surface area contributed by atoms with E-state index in [0.29, 0.717) is 5.11 Å². The number of aryl methyl sites for hydroxylation is 1. The molecule has 2 aromatic carbocycles. The Kier molecular flexibility index (Phi) is 6.17. The molecule has 2 aromatic heterocycles. The summed E-state index contributed by atoms with van der Waals surface area (Å²) in [5.74, 6) is 0. The van der Waals surface area contributed by atoms with Gasteiger partial charge in [0.15, 0.2) is 5.11 Å². The third-order valence-corrected chi connectivity index (χ3v) is 7.31. The van der Waals surface area contributed by atoms with Crippen molar-refractivity contribution in [2.45, 2.75) is 19.0 Å². The number of hydrogen-bond acceptors (Lipinski definition) is 4. The summed E-state index contributed by atoms with van der Waals surface area (Å²) in [6.07, 6.45) is 3.96. The number of ether oxygens (including phenoxy) is 1. The summed E-state index contributed by atoms with van der Waals surface area (Å²) < 4.78 is 7.77. The predicted octanol–water partition coefficient (Wildman–Crippen LogP) is 5.19. The number of anilines is 2. The van der Waals surface area contributed by atoms with E-state index >= 15 is 0 Å². The molecule has 2 atom stereocenters. The second-order valence-electron chi connectivity index (χ2n) is 9.25. The first-order chi connectivity index (χ1) is 17.7. The van der Waals surface area contributed by atoms with Crippen molar-refractivity contribution in [2.24, 2.45) is 0 Å². The van der Waals surface area contributed by atoms with Gasteiger partial charge in [0.1, 0.15) is 6.04 Å². The smallest absolute Gasteiger partial charge is 0.174 e. The molecule has 0 aliphatic carbocycles. The van der Waals surface area contributed by atoms with Crippen molar-refractivity contribution < 1.29 is 4.74 Å². The van der Waals surface area contributed by atoms with Gasteiger partial charge in [0.05, 0.1) is 24.9 Å². The van der Waals surface area contributed by atoms with Crippen molar-refractivity contribution in [3.63, 3.8) is 0 Å². The lowest BCUT2D eigenvalue weighted by atomic mass is 10.0. The molecule has 0 amide bonds. The average Bonchev–Trinajstić information content (AvgIpc) is 3.54. The van der Waals surface area contributed by atoms with Gasteiger partial charge in [0.25, 0.3) is 0 Å². The van der Waals surface area contributed by atoms with Gasteiger partial charge in [0, 0.05) is 48.2 Å². The van der Waals surface area contributed by atoms with Crippen LogP contribution < -0.4 is 15.1 Å². The molecule has 2 aliphatic rings. The molecule has 7 heteroatoms. The lowest BCUT2D eigenvalue weighted by Gasteiger charge is -2.31. The van der Waals surface area contributed by atoms with Crippen LogP contribution >= 0.6 is 12.2 Å². The summed E-state index contributed by atoms with van der Waals surface area (Å²) in [5.41, 5.74) is 6.75. The fourth-order valence-corrected chi connectivity index (χ4v) is 5.50. The van der Waals surface area contributed by atoms with Crippen LogP contribution in [-0.2, 0) is 4.74 Å². The van der Waals surface area contributed by atoms with Crippen molar-refractivity contribution in [3.8, 4) is 5.69 Å². The fourth-order valence-electron chi connectivity index (χ4n) is 5.15. The highest BCUT2D eigenvalue weighted by atomic mass is 32.1. The molecule has 0 bridgehead atoms. The number of thiocarbonyl (C=S) groups is 1. The molecule has 6 nitrogen and oxygen atoms in total. The van der Waals surface area contributed by atoms with E-state index in [-0.39, 0.29) is 12.1 Å². The number of nitrogens with one attached hydrogen (secondary N) is 1. The third kappa shape index (κ3) is 4.25. The van der Waals surface area contributed by atoms with Gasteiger partial charge in [-0.15, -0.1) is 0 Å². The predicted molar refractivity (Wildman–Crippen MR) is 148 cm³/mol. The van der Waals surface area contributed by atoms with Crippen LogP contribution in [0.25, 0.3) is 5.69 Å². The Morgan fingerprint density at radius 2 is 1.58 bits per heavy atom. The molecular weight excluding hydrogens is 466 g/mol. The van der Waals surface area contributed by atoms with Crippen molar-refractivity contribution in [2.75, 3.05) is 36.1 Å². The van der Waals surface area contributed by atoms with Gasteiger partial charge in [-0.3, -0.25) is 4.98 Å². The highest BCUT2D eigenvalue weighted by Crippen LogP contribution is 2.42. The van der Waals surface area contributed by atoms with E-state index in [1.165, 1.54) is 11.3 Å². The summed E-state index contributed by atoms with van der Waals surface area (Å²) in [6.45, 7) is 5.48. The van der Waals surface area contributed by atoms with Crippen LogP contribution in [0.15, 0.2) is 91.3 Å². The van der Waals surface area contributed by atoms with E-state index in [1.807, 2.05) is 18.3 Å². The normalized spacial score (nSPS) is 20.0. The van der Waals surface area contributed by atoms with E-state index in [2.05, 4.69) is 99.5 Å². The fraction of sp³-hybridized carbons (Fsp3) is 0.241. The first-order valence-corrected chi connectivity index (χ1v) is 12.8. The van der Waals surface area contributed by atoms with Crippen molar-refractivity contribution in [1.29, 1.82) is 0 Å². The zero-order valence-electron chi connectivity index (χ0n) is 20.2. The zero-order valence-corrected chi connectivity index (χ0v) is 21.1. The molecule has 4 heterocycles. The zero-order chi connectivity index (χ0) is 24.5. The lowest BCUT2D eigenvalue weighted by Crippen LogP contribution is -2.36. The second kappa shape index (κ2) is 9.76. The topological polar surface area (TPSA) is 45.6 Å². The van der Waals surface area contributed by atoms with Gasteiger partial charge >= 0.3 is 0 Å². The first kappa shape index (κ1) is 22.8. The SMILES string of the molecule is Cc1ccc(-n2cccc2C2C(c3ccccn3)NC(=S)N2c2ccc(N3CCOCC3)cc2)cc1. The number of benzene rings is 2. The Hall–Kier alpha value is -3.68. The van der Waals surface area contributed by atoms with E-state index in [4.69, 9.17) is 21.9 Å². The Labute approximate surface area is 217 Å². The monoisotopic (exact) mass is 495 g/mol. The highest BCUT2D eigenvalue weighted by Gasteiger charge is 2.42. The van der Waals surface area contributed by atoms with Crippen molar-refractivity contribution in [3.05, 3.63) is 108 Å². The number of hydrogen-bond donors (Lipinski definition) is 1. The van der Waals surface area contributed by atoms with E-state index < -0.39 is 0 Å². The molecular formula is C29H29N5OS. The summed E-state index contributed by atoms with van der Waals surface area (Å²) in [6, 6.07) is 27.5. The summed E-state index contributed by atoms with van der Waals surface area (Å²) in [7, 11) is 0. The summed E-state index contributed by atoms with van der Waals surface area (Å²) in [4.78, 5) is 9.30. The first-order valence-electron chi connectivity index (χ1n) is 12.4. The molecule has 2 saturated heterocycles. The van der Waals surface area contributed by atoms with Gasteiger partial charge in [-0.2, -0.15) is 0 Å². The Morgan fingerprint density at radius 1 is 0.861 bits per heavy atom. The molecule has 2 unspecified atom stereocenters. The molecule has 4 aromatic rings. The summed E-state index contributed by atoms with van der Waals surface area (Å²) >= 11 is 5.94. The molecule has 6 rings (SSSR count). The van der Waals surface area contributed by atoms with E-state index in [1.54, 1.807) is 0 Å². The van der Waals surface area contributed by atoms with Crippen molar-refractivity contribution in [1.82, 2.24) is 14.9 Å². The van der Waals surface area contributed by atoms with E-state index in [0.717, 1.165) is 49.1 Å². The van der Waals surface area contributed by atoms with Crippen LogP contribution in [-0.4, -0.2) is 41.0 Å². The number of nitrogens with zero attached hydrogens (tertiary/aromatic N) is 4. The van der Waals surface area contributed by atoms with Crippen molar-refractivity contribution >= 4 is 28.7 Å². The number of pyridine rings is 1. The van der Waals surface area contributed by atoms with Gasteiger partial charge in [0.2, 0.25) is 0 Å². The third-order valence-electron chi connectivity index (χ3n) is 7.00. The Bertz CT molecular complexity index is 1330. The van der Waals surface area contributed by atoms with Gasteiger partial charge in [-0.05, 0) is 79.8 Å². The number of aromatic nitrogens is 2. The lowest BCUT2D eigenvalue weighted by molar-refractivity contribution is 0.122. The number of rotatable bonds is 5. The van der Waals surface area contributed by atoms with Crippen LogP contribution in [0.3, 0.4) is 0 Å². The van der Waals surface area contributed by atoms with Gasteiger partial charge in [-0.25, -0.2) is 0 Å². The minimum Gasteiger partial charge on any atom is -0.378 e. The van der Waals surface area contributed by atoms with Gasteiger partial charge in [-0.1, -0.05) is 23.8 Å². The molecule has 2 aliphatic heterocycles. The highest BCUT2D eigenvalue weighted by molar-refractivity contribution is 7.80. The van der Waals surface area contributed by atoms with E-state index in [9.17, 15) is 0 Å². The molecule has 182 valence electrons. The Balaban J connectivity index is 1.41. The molecule has 1 N–H and O–H groups in total. The largest absolute Gasteiger partial charge is 0.378 e. The molecule has 0 saturated carbocycles. The number of morpholine rings is 1. The maximum absolute atomic E-state index is 5.94. The van der Waals surface area contributed by atoms with Crippen LogP contribution in [0.2, 0.25) is 0 Å². The molecule has 0 spiro atoms. The van der Waals surface area contributed by atoms with Gasteiger partial charge < -0.3 is 24.4 Å². The minimum absolute atomic E-state index is 0.0714. The quantitative estimate of drug-likeness (QED) is 0.384. The maximum atomic E-state index is 5.94. The van der Waals surface area contributed by atoms with Crippen LogP contribution in [0, 0.1) is 6.92 Å².